The molecule has 1 aliphatic rings. The van der Waals surface area contributed by atoms with Crippen LogP contribution in [0, 0.1) is 6.92 Å². The second-order valence-electron chi connectivity index (χ2n) is 8.39. The van der Waals surface area contributed by atoms with Gasteiger partial charge in [0.25, 0.3) is 15.9 Å². The number of aromatic nitrogens is 3. The smallest absolute Gasteiger partial charge is 0.284 e. The largest absolute Gasteiger partial charge is 0.346 e. The van der Waals surface area contributed by atoms with Crippen molar-refractivity contribution in [3.05, 3.63) is 101 Å². The van der Waals surface area contributed by atoms with Crippen molar-refractivity contribution in [2.24, 2.45) is 0 Å². The van der Waals surface area contributed by atoms with Crippen LogP contribution in [0.5, 0.6) is 0 Å². The fraction of sp³-hybridized carbons (Fsp3) is 0.192. The Balaban J connectivity index is 1.55. The zero-order chi connectivity index (χ0) is 23.7. The maximum atomic E-state index is 13.6. The molecule has 7 nitrogen and oxygen atoms in total. The Hall–Kier alpha value is -3.78. The lowest BCUT2D eigenvalue weighted by molar-refractivity contribution is 0.0946. The summed E-state index contributed by atoms with van der Waals surface area (Å²) in [6, 6.07) is 21.8. The molecule has 0 spiro atoms. The topological polar surface area (TPSA) is 93.9 Å². The van der Waals surface area contributed by atoms with Crippen molar-refractivity contribution in [1.82, 2.24) is 19.7 Å². The van der Waals surface area contributed by atoms with Crippen LogP contribution in [0.25, 0.3) is 11.3 Å². The van der Waals surface area contributed by atoms with Gasteiger partial charge in [0.15, 0.2) is 5.69 Å². The Kier molecular flexibility index (Phi) is 5.75. The molecule has 1 heterocycles. The number of hydrogen-bond acceptors (Lipinski definition) is 5. The van der Waals surface area contributed by atoms with Crippen molar-refractivity contribution in [2.75, 3.05) is 0 Å². The van der Waals surface area contributed by atoms with E-state index in [0.29, 0.717) is 12.1 Å². The van der Waals surface area contributed by atoms with Crippen LogP contribution < -0.4 is 5.32 Å². The first-order valence-corrected chi connectivity index (χ1v) is 12.6. The van der Waals surface area contributed by atoms with E-state index in [1.807, 2.05) is 43.3 Å². The molecule has 0 fully saturated rings. The van der Waals surface area contributed by atoms with Crippen molar-refractivity contribution < 1.29 is 13.2 Å². The number of hydrogen-bond donors (Lipinski definition) is 1. The summed E-state index contributed by atoms with van der Waals surface area (Å²) in [4.78, 5) is 13.3. The van der Waals surface area contributed by atoms with Crippen LogP contribution in [0.4, 0.5) is 0 Å². The highest BCUT2D eigenvalue weighted by Gasteiger charge is 2.29. The normalized spacial score (nSPS) is 13.0. The quantitative estimate of drug-likeness (QED) is 0.459. The molecule has 3 aromatic carbocycles. The molecular weight excluding hydrogens is 448 g/mol. The number of aryl methyl sites for hydroxylation is 3. The van der Waals surface area contributed by atoms with Gasteiger partial charge in [-0.15, -0.1) is 9.19 Å². The van der Waals surface area contributed by atoms with Crippen LogP contribution in [-0.2, 0) is 29.4 Å². The number of carbonyl (C=O) groups is 1. The zero-order valence-corrected chi connectivity index (χ0v) is 19.5. The molecule has 4 aromatic rings. The number of fused-ring (bicyclic) bond motifs is 1. The van der Waals surface area contributed by atoms with E-state index < -0.39 is 15.9 Å². The van der Waals surface area contributed by atoms with E-state index in [-0.39, 0.29) is 16.3 Å². The number of amides is 1. The van der Waals surface area contributed by atoms with Gasteiger partial charge in [-0.1, -0.05) is 65.9 Å². The second kappa shape index (κ2) is 8.87. The first-order valence-electron chi connectivity index (χ1n) is 11.2. The lowest BCUT2D eigenvalue weighted by atomic mass is 10.1. The van der Waals surface area contributed by atoms with Crippen LogP contribution in [-0.4, -0.2) is 28.7 Å². The third-order valence-electron chi connectivity index (χ3n) is 6.20. The molecule has 0 atom stereocenters. The van der Waals surface area contributed by atoms with Gasteiger partial charge in [-0.25, -0.2) is 0 Å². The number of nitrogens with one attached hydrogen (secondary N) is 1. The van der Waals surface area contributed by atoms with Gasteiger partial charge in [-0.05, 0) is 60.6 Å². The van der Waals surface area contributed by atoms with Crippen LogP contribution in [0.15, 0.2) is 77.7 Å². The van der Waals surface area contributed by atoms with Crippen LogP contribution >= 0.6 is 0 Å². The van der Waals surface area contributed by atoms with Crippen LogP contribution in [0.3, 0.4) is 0 Å². The molecule has 34 heavy (non-hydrogen) atoms. The van der Waals surface area contributed by atoms with Crippen molar-refractivity contribution >= 4 is 15.9 Å². The Morgan fingerprint density at radius 2 is 1.71 bits per heavy atom. The lowest BCUT2D eigenvalue weighted by Gasteiger charge is -2.11. The van der Waals surface area contributed by atoms with Gasteiger partial charge in [0.1, 0.15) is 5.69 Å². The Labute approximate surface area is 198 Å². The molecule has 0 aliphatic heterocycles. The van der Waals surface area contributed by atoms with Crippen LogP contribution in [0.2, 0.25) is 0 Å². The number of rotatable bonds is 6. The van der Waals surface area contributed by atoms with Crippen molar-refractivity contribution in [1.29, 1.82) is 0 Å². The molecule has 1 aromatic heterocycles. The van der Waals surface area contributed by atoms with E-state index >= 15 is 0 Å². The van der Waals surface area contributed by atoms with Gasteiger partial charge < -0.3 is 5.32 Å². The van der Waals surface area contributed by atoms with Gasteiger partial charge in [0.05, 0.1) is 4.90 Å². The standard InChI is InChI=1S/C26H24N4O3S/c1-18-8-5-6-11-22(18)17-27-26(31)24-25(20-9-3-2-4-10-20)30(29-28-24)34(32,33)23-15-14-19-12-7-13-21(19)16-23/h2-6,8-11,14-16H,7,12-13,17H2,1H3,(H,27,31). The fourth-order valence-electron chi connectivity index (χ4n) is 4.31. The summed E-state index contributed by atoms with van der Waals surface area (Å²) < 4.78 is 28.1. The fourth-order valence-corrected chi connectivity index (χ4v) is 5.60. The highest BCUT2D eigenvalue weighted by atomic mass is 32.2. The first kappa shape index (κ1) is 22.0. The zero-order valence-electron chi connectivity index (χ0n) is 18.7. The minimum atomic E-state index is -4.06. The molecule has 172 valence electrons. The molecule has 0 saturated heterocycles. The SMILES string of the molecule is Cc1ccccc1CNC(=O)c1nnn(S(=O)(=O)c2ccc3c(c2)CCC3)c1-c1ccccc1. The van der Waals surface area contributed by atoms with Gasteiger partial charge in [-0.2, -0.15) is 8.42 Å². The lowest BCUT2D eigenvalue weighted by Crippen LogP contribution is -2.24. The van der Waals surface area contributed by atoms with E-state index in [9.17, 15) is 13.2 Å². The molecule has 0 bridgehead atoms. The molecule has 1 amide bonds. The Bertz CT molecular complexity index is 1480. The summed E-state index contributed by atoms with van der Waals surface area (Å²) in [7, 11) is -4.06. The monoisotopic (exact) mass is 472 g/mol. The number of nitrogens with zero attached hydrogens (tertiary/aromatic N) is 3. The summed E-state index contributed by atoms with van der Waals surface area (Å²) in [5.74, 6) is -0.488. The number of benzene rings is 3. The van der Waals surface area contributed by atoms with Gasteiger partial charge in [0, 0.05) is 12.1 Å². The van der Waals surface area contributed by atoms with Gasteiger partial charge >= 0.3 is 0 Å². The minimum absolute atomic E-state index is 0.0375. The summed E-state index contributed by atoms with van der Waals surface area (Å²) in [6.45, 7) is 2.26. The van der Waals surface area contributed by atoms with E-state index in [2.05, 4.69) is 15.6 Å². The summed E-state index contributed by atoms with van der Waals surface area (Å²) >= 11 is 0. The predicted molar refractivity (Wildman–Crippen MR) is 129 cm³/mol. The van der Waals surface area contributed by atoms with E-state index in [1.54, 1.807) is 36.4 Å². The molecule has 8 heteroatoms. The average molecular weight is 473 g/mol. The van der Waals surface area contributed by atoms with Crippen molar-refractivity contribution in [2.45, 2.75) is 37.6 Å². The molecule has 1 N–H and O–H groups in total. The highest BCUT2D eigenvalue weighted by molar-refractivity contribution is 7.90. The Morgan fingerprint density at radius 3 is 2.50 bits per heavy atom. The molecule has 0 saturated carbocycles. The molecule has 5 rings (SSSR count). The predicted octanol–water partition coefficient (Wildman–Crippen LogP) is 3.91. The molecular formula is C26H24N4O3S. The molecule has 0 unspecified atom stereocenters. The minimum Gasteiger partial charge on any atom is -0.346 e. The summed E-state index contributed by atoms with van der Waals surface area (Å²) in [5.41, 5.74) is 4.88. The van der Waals surface area contributed by atoms with Crippen molar-refractivity contribution in [3.8, 4) is 11.3 Å². The summed E-state index contributed by atoms with van der Waals surface area (Å²) in [5, 5.41) is 10.8. The Morgan fingerprint density at radius 1 is 0.971 bits per heavy atom. The summed E-state index contributed by atoms with van der Waals surface area (Å²) in [6.07, 6.45) is 2.83. The maximum Gasteiger partial charge on any atom is 0.284 e. The third-order valence-corrected chi connectivity index (χ3v) is 7.76. The molecule has 0 radical (unpaired) electrons. The number of carbonyl (C=O) groups excluding carboxylic acids is 1. The van der Waals surface area contributed by atoms with Gasteiger partial charge in [0.2, 0.25) is 0 Å². The second-order valence-corrected chi connectivity index (χ2v) is 10.2. The third kappa shape index (κ3) is 4.01. The van der Waals surface area contributed by atoms with E-state index in [4.69, 9.17) is 0 Å². The van der Waals surface area contributed by atoms with E-state index in [1.165, 1.54) is 5.56 Å². The maximum absolute atomic E-state index is 13.6. The van der Waals surface area contributed by atoms with E-state index in [0.717, 1.165) is 40.0 Å². The average Bonchev–Trinajstić information content (AvgIpc) is 3.51. The first-order chi connectivity index (χ1) is 16.4. The molecule has 1 aliphatic carbocycles. The van der Waals surface area contributed by atoms with Crippen molar-refractivity contribution in [3.63, 3.8) is 0 Å². The highest BCUT2D eigenvalue weighted by Crippen LogP contribution is 2.29. The van der Waals surface area contributed by atoms with Gasteiger partial charge in [-0.3, -0.25) is 4.79 Å². The van der Waals surface area contributed by atoms with Crippen LogP contribution in [0.1, 0.15) is 39.2 Å².